The van der Waals surface area contributed by atoms with Crippen molar-refractivity contribution >= 4 is 16.7 Å². The molecule has 4 aromatic rings. The average Bonchev–Trinajstić information content (AvgIpc) is 3.24. The van der Waals surface area contributed by atoms with Crippen LogP contribution in [0.25, 0.3) is 10.8 Å². The second-order valence-electron chi connectivity index (χ2n) is 7.77. The molecule has 1 aliphatic rings. The Morgan fingerprint density at radius 3 is 2.75 bits per heavy atom. The maximum absolute atomic E-state index is 14.6. The summed E-state index contributed by atoms with van der Waals surface area (Å²) in [6, 6.07) is 13.4. The Kier molecular flexibility index (Phi) is 5.02. The Morgan fingerprint density at radius 1 is 1.12 bits per heavy atom. The minimum Gasteiger partial charge on any atom is -0.390 e. The molecule has 2 aromatic carbocycles. The first kappa shape index (κ1) is 20.1. The van der Waals surface area contributed by atoms with Gasteiger partial charge in [-0.25, -0.2) is 9.49 Å². The quantitative estimate of drug-likeness (QED) is 0.512. The molecule has 1 amide bonds. The number of amides is 1. The lowest BCUT2D eigenvalue weighted by molar-refractivity contribution is 0.0701. The zero-order valence-electron chi connectivity index (χ0n) is 17.1. The van der Waals surface area contributed by atoms with Gasteiger partial charge in [0.05, 0.1) is 47.7 Å². The summed E-state index contributed by atoms with van der Waals surface area (Å²) in [5.41, 5.74) is 2.42. The summed E-state index contributed by atoms with van der Waals surface area (Å²) >= 11 is 0. The van der Waals surface area contributed by atoms with Gasteiger partial charge in [-0.1, -0.05) is 24.3 Å². The van der Waals surface area contributed by atoms with Crippen LogP contribution in [0.5, 0.6) is 0 Å². The number of hydrogen-bond acceptors (Lipinski definition) is 5. The van der Waals surface area contributed by atoms with E-state index in [4.69, 9.17) is 0 Å². The van der Waals surface area contributed by atoms with Gasteiger partial charge in [0.1, 0.15) is 5.82 Å². The smallest absolute Gasteiger partial charge is 0.272 e. The highest BCUT2D eigenvalue weighted by Crippen LogP contribution is 2.21. The molecule has 0 fully saturated rings. The summed E-state index contributed by atoms with van der Waals surface area (Å²) in [6.45, 7) is 1.00. The van der Waals surface area contributed by atoms with Crippen LogP contribution < -0.4 is 5.56 Å². The van der Waals surface area contributed by atoms with Crippen LogP contribution in [0.4, 0.5) is 4.39 Å². The SMILES string of the molecule is O=C(c1cc(Cc2n[nH]c(=O)c3ccccc23)ccc1F)N1CCn2nc(CO)cc2C1. The normalized spacial score (nSPS) is 13.4. The zero-order valence-corrected chi connectivity index (χ0v) is 17.1. The van der Waals surface area contributed by atoms with Gasteiger partial charge >= 0.3 is 0 Å². The molecule has 0 unspecified atom stereocenters. The lowest BCUT2D eigenvalue weighted by Gasteiger charge is -2.28. The Labute approximate surface area is 181 Å². The Hall–Kier alpha value is -3.85. The number of H-pyrrole nitrogens is 1. The van der Waals surface area contributed by atoms with Crippen molar-refractivity contribution in [1.29, 1.82) is 0 Å². The van der Waals surface area contributed by atoms with Crippen LogP contribution in [0.2, 0.25) is 0 Å². The van der Waals surface area contributed by atoms with Crippen LogP contribution in [0, 0.1) is 5.82 Å². The van der Waals surface area contributed by atoms with E-state index >= 15 is 0 Å². The standard InChI is InChI=1S/C23H20FN5O3/c24-20-6-5-14(10-21-17-3-1-2-4-18(17)22(31)26-25-21)9-19(20)23(32)28-7-8-29-16(12-28)11-15(13-30)27-29/h1-6,9,11,30H,7-8,10,12-13H2,(H,26,31). The molecule has 8 nitrogen and oxygen atoms in total. The number of carbonyl (C=O) groups is 1. The highest BCUT2D eigenvalue weighted by Gasteiger charge is 2.25. The monoisotopic (exact) mass is 433 g/mol. The van der Waals surface area contributed by atoms with Crippen molar-refractivity contribution in [2.24, 2.45) is 0 Å². The average molecular weight is 433 g/mol. The molecule has 3 heterocycles. The molecule has 2 N–H and O–H groups in total. The zero-order chi connectivity index (χ0) is 22.2. The van der Waals surface area contributed by atoms with Crippen molar-refractivity contribution in [3.8, 4) is 0 Å². The van der Waals surface area contributed by atoms with Gasteiger partial charge in [-0.3, -0.25) is 14.3 Å². The Bertz CT molecular complexity index is 1390. The minimum absolute atomic E-state index is 0.00780. The number of aromatic amines is 1. The number of aromatic nitrogens is 4. The van der Waals surface area contributed by atoms with Crippen molar-refractivity contribution < 1.29 is 14.3 Å². The predicted molar refractivity (Wildman–Crippen MR) is 114 cm³/mol. The highest BCUT2D eigenvalue weighted by molar-refractivity contribution is 5.94. The van der Waals surface area contributed by atoms with Crippen molar-refractivity contribution in [1.82, 2.24) is 24.9 Å². The summed E-state index contributed by atoms with van der Waals surface area (Å²) in [4.78, 5) is 26.7. The number of nitrogens with one attached hydrogen (secondary N) is 1. The van der Waals surface area contributed by atoms with Gasteiger partial charge in [0.2, 0.25) is 0 Å². The number of halogens is 1. The fraction of sp³-hybridized carbons (Fsp3) is 0.217. The van der Waals surface area contributed by atoms with E-state index in [-0.39, 0.29) is 17.7 Å². The van der Waals surface area contributed by atoms with Crippen LogP contribution in [0.1, 0.15) is 33.0 Å². The molecular weight excluding hydrogens is 413 g/mol. The van der Waals surface area contributed by atoms with Gasteiger partial charge < -0.3 is 10.0 Å². The topological polar surface area (TPSA) is 104 Å². The maximum atomic E-state index is 14.6. The van der Waals surface area contributed by atoms with Crippen LogP contribution >= 0.6 is 0 Å². The Morgan fingerprint density at radius 2 is 1.94 bits per heavy atom. The van der Waals surface area contributed by atoms with E-state index in [1.165, 1.54) is 6.07 Å². The fourth-order valence-corrected chi connectivity index (χ4v) is 4.09. The van der Waals surface area contributed by atoms with Crippen LogP contribution in [-0.2, 0) is 26.1 Å². The third kappa shape index (κ3) is 3.56. The number of carbonyl (C=O) groups excluding carboxylic acids is 1. The minimum atomic E-state index is -0.590. The molecule has 0 spiro atoms. The van der Waals surface area contributed by atoms with Gasteiger partial charge in [-0.15, -0.1) is 0 Å². The van der Waals surface area contributed by atoms with Crippen LogP contribution in [0.3, 0.4) is 0 Å². The largest absolute Gasteiger partial charge is 0.390 e. The molecule has 2 aromatic heterocycles. The van der Waals surface area contributed by atoms with E-state index in [1.807, 2.05) is 12.1 Å². The summed E-state index contributed by atoms with van der Waals surface area (Å²) in [7, 11) is 0. The van der Waals surface area contributed by atoms with Crippen LogP contribution in [0.15, 0.2) is 53.3 Å². The second kappa shape index (κ2) is 8.01. The first-order valence-corrected chi connectivity index (χ1v) is 10.2. The molecule has 0 saturated heterocycles. The van der Waals surface area contributed by atoms with Crippen LogP contribution in [-0.4, -0.2) is 42.4 Å². The molecule has 9 heteroatoms. The van der Waals surface area contributed by atoms with Gasteiger partial charge in [0, 0.05) is 18.4 Å². The summed E-state index contributed by atoms with van der Waals surface area (Å²) in [6.07, 6.45) is 0.338. The summed E-state index contributed by atoms with van der Waals surface area (Å²) in [5, 5.41) is 21.5. The second-order valence-corrected chi connectivity index (χ2v) is 7.77. The number of hydrogen-bond donors (Lipinski definition) is 2. The lowest BCUT2D eigenvalue weighted by atomic mass is 10.0. The molecule has 0 saturated carbocycles. The molecule has 0 radical (unpaired) electrons. The third-order valence-corrected chi connectivity index (χ3v) is 5.71. The third-order valence-electron chi connectivity index (χ3n) is 5.71. The highest BCUT2D eigenvalue weighted by atomic mass is 19.1. The molecule has 32 heavy (non-hydrogen) atoms. The number of aliphatic hydroxyl groups excluding tert-OH is 1. The van der Waals surface area contributed by atoms with E-state index < -0.39 is 11.7 Å². The number of nitrogens with zero attached hydrogens (tertiary/aromatic N) is 4. The molecule has 0 aliphatic carbocycles. The van der Waals surface area contributed by atoms with Gasteiger partial charge in [-0.05, 0) is 29.8 Å². The number of aliphatic hydroxyl groups is 1. The van der Waals surface area contributed by atoms with Crippen molar-refractivity contribution in [3.05, 3.63) is 92.9 Å². The Balaban J connectivity index is 1.43. The maximum Gasteiger partial charge on any atom is 0.272 e. The van der Waals surface area contributed by atoms with Gasteiger partial charge in [0.25, 0.3) is 11.5 Å². The molecule has 1 aliphatic heterocycles. The number of fused-ring (bicyclic) bond motifs is 2. The molecule has 162 valence electrons. The fourth-order valence-electron chi connectivity index (χ4n) is 4.09. The van der Waals surface area contributed by atoms with E-state index in [0.717, 1.165) is 11.1 Å². The van der Waals surface area contributed by atoms with Crippen molar-refractivity contribution in [3.63, 3.8) is 0 Å². The van der Waals surface area contributed by atoms with Crippen molar-refractivity contribution in [2.45, 2.75) is 26.1 Å². The molecule has 5 rings (SSSR count). The van der Waals surface area contributed by atoms with E-state index in [9.17, 15) is 19.1 Å². The lowest BCUT2D eigenvalue weighted by Crippen LogP contribution is -2.38. The number of rotatable bonds is 4. The van der Waals surface area contributed by atoms with Gasteiger partial charge in [-0.2, -0.15) is 10.2 Å². The van der Waals surface area contributed by atoms with Gasteiger partial charge in [0.15, 0.2) is 0 Å². The van der Waals surface area contributed by atoms with E-state index in [1.54, 1.807) is 39.9 Å². The molecule has 0 bridgehead atoms. The summed E-state index contributed by atoms with van der Waals surface area (Å²) < 4.78 is 16.4. The van der Waals surface area contributed by atoms with E-state index in [2.05, 4.69) is 15.3 Å². The first-order chi connectivity index (χ1) is 15.5. The first-order valence-electron chi connectivity index (χ1n) is 10.2. The summed E-state index contributed by atoms with van der Waals surface area (Å²) in [5.74, 6) is -0.991. The van der Waals surface area contributed by atoms with Crippen molar-refractivity contribution in [2.75, 3.05) is 6.54 Å². The number of benzene rings is 2. The predicted octanol–water partition coefficient (Wildman–Crippen LogP) is 2.00. The molecule has 0 atom stereocenters. The molecular formula is C23H20FN5O3. The van der Waals surface area contributed by atoms with E-state index in [0.29, 0.717) is 48.4 Å².